The van der Waals surface area contributed by atoms with Gasteiger partial charge in [0.2, 0.25) is 0 Å². The molecule has 4 aliphatic carbocycles. The number of hydrogen-bond acceptors (Lipinski definition) is 2. The molecule has 0 aromatic rings. The van der Waals surface area contributed by atoms with Crippen LogP contribution in [0.3, 0.4) is 0 Å². The van der Waals surface area contributed by atoms with Crippen molar-refractivity contribution in [1.82, 2.24) is 0 Å². The van der Waals surface area contributed by atoms with Crippen molar-refractivity contribution in [2.45, 2.75) is 84.2 Å². The molecule has 1 spiro atoms. The fourth-order valence-electron chi connectivity index (χ4n) is 8.12. The van der Waals surface area contributed by atoms with E-state index in [-0.39, 0.29) is 5.41 Å². The van der Waals surface area contributed by atoms with Gasteiger partial charge in [-0.15, -0.1) is 0 Å². The lowest BCUT2D eigenvalue weighted by Crippen LogP contribution is -2.57. The molecular weight excluding hydrogens is 272 g/mol. The van der Waals surface area contributed by atoms with E-state index in [0.717, 1.165) is 12.3 Å². The Bertz CT molecular complexity index is 472. The summed E-state index contributed by atoms with van der Waals surface area (Å²) in [6.45, 7) is 7.34. The first-order valence-electron chi connectivity index (χ1n) is 9.59. The van der Waals surface area contributed by atoms with E-state index >= 15 is 0 Å². The van der Waals surface area contributed by atoms with Gasteiger partial charge in [0, 0.05) is 6.61 Å². The summed E-state index contributed by atoms with van der Waals surface area (Å²) in [7, 11) is 0. The number of rotatable bonds is 1. The van der Waals surface area contributed by atoms with Gasteiger partial charge in [0.25, 0.3) is 0 Å². The van der Waals surface area contributed by atoms with Gasteiger partial charge in [-0.25, -0.2) is 0 Å². The summed E-state index contributed by atoms with van der Waals surface area (Å²) in [5.41, 5.74) is 0.504. The highest BCUT2D eigenvalue weighted by molar-refractivity contribution is 5.16. The highest BCUT2D eigenvalue weighted by Crippen LogP contribution is 2.72. The molecule has 0 aliphatic heterocycles. The van der Waals surface area contributed by atoms with Crippen LogP contribution in [0, 0.1) is 34.0 Å². The van der Waals surface area contributed by atoms with Gasteiger partial charge in [0.1, 0.15) is 0 Å². The maximum absolute atomic E-state index is 10.9. The molecule has 4 fully saturated rings. The van der Waals surface area contributed by atoms with Crippen LogP contribution in [-0.4, -0.2) is 22.4 Å². The predicted molar refractivity (Wildman–Crippen MR) is 88.4 cm³/mol. The fourth-order valence-corrected chi connectivity index (χ4v) is 8.12. The average Bonchev–Trinajstić information content (AvgIpc) is 2.63. The van der Waals surface area contributed by atoms with E-state index in [1.165, 1.54) is 51.4 Å². The van der Waals surface area contributed by atoms with Gasteiger partial charge in [0.05, 0.1) is 5.60 Å². The maximum atomic E-state index is 10.9. The molecule has 2 bridgehead atoms. The SMILES string of the molecule is C[C@@]1(CO)CCC[C@@]2(C)[C@H]1CC[C@]13C[C@H](CC[C@@H]12)[C@@](C)(O)C3. The quantitative estimate of drug-likeness (QED) is 0.764. The maximum Gasteiger partial charge on any atom is 0.0653 e. The normalized spacial score (nSPS) is 60.7. The molecule has 2 heteroatoms. The van der Waals surface area contributed by atoms with Crippen LogP contribution in [0.4, 0.5) is 0 Å². The first-order valence-corrected chi connectivity index (χ1v) is 9.59. The van der Waals surface area contributed by atoms with Gasteiger partial charge in [-0.3, -0.25) is 0 Å². The van der Waals surface area contributed by atoms with Gasteiger partial charge < -0.3 is 10.2 Å². The summed E-state index contributed by atoms with van der Waals surface area (Å²) >= 11 is 0. The molecule has 7 atom stereocenters. The molecule has 2 nitrogen and oxygen atoms in total. The van der Waals surface area contributed by atoms with E-state index in [0.29, 0.717) is 29.3 Å². The van der Waals surface area contributed by atoms with Gasteiger partial charge in [-0.1, -0.05) is 20.3 Å². The summed E-state index contributed by atoms with van der Waals surface area (Å²) in [6.07, 6.45) is 11.2. The summed E-state index contributed by atoms with van der Waals surface area (Å²) in [6, 6.07) is 0. The van der Waals surface area contributed by atoms with Crippen molar-refractivity contribution in [3.8, 4) is 0 Å². The lowest BCUT2D eigenvalue weighted by Gasteiger charge is -2.64. The minimum Gasteiger partial charge on any atom is -0.396 e. The Morgan fingerprint density at radius 3 is 2.45 bits per heavy atom. The minimum atomic E-state index is -0.424. The van der Waals surface area contributed by atoms with Crippen LogP contribution in [-0.2, 0) is 0 Å². The molecule has 4 rings (SSSR count). The van der Waals surface area contributed by atoms with Crippen molar-refractivity contribution in [3.05, 3.63) is 0 Å². The molecule has 0 radical (unpaired) electrons. The smallest absolute Gasteiger partial charge is 0.0653 e. The standard InChI is InChI=1S/C20H34O2/c1-17(13-21)8-4-9-18(2)15(17)7-10-20-11-14(5-6-16(18)20)19(3,22)12-20/h14-16,21-22H,4-13H2,1-3H3/t14-,15-,16+,17-,18-,19-,20+/m0/s1. The first-order chi connectivity index (χ1) is 10.3. The Kier molecular flexibility index (Phi) is 3.16. The third kappa shape index (κ3) is 1.80. The fraction of sp³-hybridized carbons (Fsp3) is 1.00. The summed E-state index contributed by atoms with van der Waals surface area (Å²) in [5.74, 6) is 1.99. The Balaban J connectivity index is 1.72. The van der Waals surface area contributed by atoms with Crippen LogP contribution in [0.1, 0.15) is 78.6 Å². The van der Waals surface area contributed by atoms with E-state index in [4.69, 9.17) is 0 Å². The van der Waals surface area contributed by atoms with Crippen molar-refractivity contribution in [2.24, 2.45) is 34.0 Å². The lowest BCUT2D eigenvalue weighted by atomic mass is 9.41. The molecule has 0 aromatic heterocycles. The predicted octanol–water partition coefficient (Wildman–Crippen LogP) is 4.14. The van der Waals surface area contributed by atoms with Crippen LogP contribution in [0.5, 0.6) is 0 Å². The van der Waals surface area contributed by atoms with Crippen molar-refractivity contribution in [3.63, 3.8) is 0 Å². The average molecular weight is 306 g/mol. The number of fused-ring (bicyclic) bond motifs is 3. The van der Waals surface area contributed by atoms with Gasteiger partial charge in [0.15, 0.2) is 0 Å². The van der Waals surface area contributed by atoms with E-state index in [1.807, 2.05) is 0 Å². The zero-order valence-electron chi connectivity index (χ0n) is 14.7. The van der Waals surface area contributed by atoms with Gasteiger partial charge >= 0.3 is 0 Å². The van der Waals surface area contributed by atoms with E-state index < -0.39 is 5.60 Å². The van der Waals surface area contributed by atoms with Crippen LogP contribution in [0.2, 0.25) is 0 Å². The second-order valence-electron chi connectivity index (χ2n) is 10.2. The van der Waals surface area contributed by atoms with Crippen molar-refractivity contribution >= 4 is 0 Å². The van der Waals surface area contributed by atoms with Gasteiger partial charge in [-0.2, -0.15) is 0 Å². The van der Waals surface area contributed by atoms with E-state index in [9.17, 15) is 10.2 Å². The summed E-state index contributed by atoms with van der Waals surface area (Å²) in [5, 5.41) is 21.0. The van der Waals surface area contributed by atoms with Gasteiger partial charge in [-0.05, 0) is 92.3 Å². The molecule has 126 valence electrons. The molecular formula is C20H34O2. The monoisotopic (exact) mass is 306 g/mol. The van der Waals surface area contributed by atoms with Crippen LogP contribution < -0.4 is 0 Å². The molecule has 2 N–H and O–H groups in total. The van der Waals surface area contributed by atoms with Crippen molar-refractivity contribution in [1.29, 1.82) is 0 Å². The Morgan fingerprint density at radius 1 is 0.955 bits per heavy atom. The highest BCUT2D eigenvalue weighted by atomic mass is 16.3. The molecule has 4 aliphatic rings. The van der Waals surface area contributed by atoms with Crippen LogP contribution in [0.25, 0.3) is 0 Å². The van der Waals surface area contributed by atoms with Crippen LogP contribution >= 0.6 is 0 Å². The van der Waals surface area contributed by atoms with E-state index in [2.05, 4.69) is 20.8 Å². The molecule has 0 aromatic carbocycles. The van der Waals surface area contributed by atoms with Crippen LogP contribution in [0.15, 0.2) is 0 Å². The first kappa shape index (κ1) is 15.4. The Morgan fingerprint density at radius 2 is 1.73 bits per heavy atom. The van der Waals surface area contributed by atoms with Crippen molar-refractivity contribution < 1.29 is 10.2 Å². The number of hydrogen-bond donors (Lipinski definition) is 2. The summed E-state index contributed by atoms with van der Waals surface area (Å²) in [4.78, 5) is 0. The Labute approximate surface area is 135 Å². The van der Waals surface area contributed by atoms with Crippen molar-refractivity contribution in [2.75, 3.05) is 6.61 Å². The largest absolute Gasteiger partial charge is 0.396 e. The van der Waals surface area contributed by atoms with E-state index in [1.54, 1.807) is 0 Å². The molecule has 0 amide bonds. The Hall–Kier alpha value is -0.0800. The number of aliphatic hydroxyl groups excluding tert-OH is 1. The second-order valence-corrected chi connectivity index (χ2v) is 10.2. The second kappa shape index (κ2) is 4.51. The zero-order valence-corrected chi connectivity index (χ0v) is 14.7. The topological polar surface area (TPSA) is 40.5 Å². The molecule has 0 unspecified atom stereocenters. The molecule has 4 saturated carbocycles. The molecule has 0 heterocycles. The minimum absolute atomic E-state index is 0.132. The third-order valence-electron chi connectivity index (χ3n) is 8.97. The highest BCUT2D eigenvalue weighted by Gasteiger charge is 2.66. The lowest BCUT2D eigenvalue weighted by molar-refractivity contribution is -0.159. The molecule has 22 heavy (non-hydrogen) atoms. The number of aliphatic hydroxyl groups is 2. The molecule has 0 saturated heterocycles. The zero-order chi connectivity index (χ0) is 15.8. The summed E-state index contributed by atoms with van der Waals surface area (Å²) < 4.78 is 0. The third-order valence-corrected chi connectivity index (χ3v) is 8.97.